The molecule has 2 N–H and O–H groups in total. The fourth-order valence-electron chi connectivity index (χ4n) is 3.76. The van der Waals surface area contributed by atoms with E-state index in [9.17, 15) is 9.59 Å². The molecule has 0 spiro atoms. The summed E-state index contributed by atoms with van der Waals surface area (Å²) in [5, 5.41) is 4.87. The molecule has 0 radical (unpaired) electrons. The number of hydrogen-bond donors (Lipinski definition) is 2. The van der Waals surface area contributed by atoms with E-state index in [1.165, 1.54) is 0 Å². The van der Waals surface area contributed by atoms with Crippen LogP contribution in [0.2, 0.25) is 5.02 Å². The lowest BCUT2D eigenvalue weighted by Gasteiger charge is -2.32. The molecule has 146 valence electrons. The highest BCUT2D eigenvalue weighted by molar-refractivity contribution is 7.99. The summed E-state index contributed by atoms with van der Waals surface area (Å²) in [6.45, 7) is 4.21. The SMILES string of the molecule is CC[C@@H](C)Sc1nc2c(c(=O)[nH]1)[C@@H](c1ccc(Cl)cc1)C1=C(CCCC1=O)N2. The van der Waals surface area contributed by atoms with Crippen molar-refractivity contribution in [1.29, 1.82) is 0 Å². The number of fused-ring (bicyclic) bond motifs is 1. The fraction of sp³-hybridized carbons (Fsp3) is 0.381. The van der Waals surface area contributed by atoms with Gasteiger partial charge in [0.25, 0.3) is 5.56 Å². The Morgan fingerprint density at radius 2 is 2.00 bits per heavy atom. The summed E-state index contributed by atoms with van der Waals surface area (Å²) in [5.74, 6) is 0.231. The normalized spacial score (nSPS) is 19.7. The number of allylic oxidation sites excluding steroid dienone is 2. The van der Waals surface area contributed by atoms with Gasteiger partial charge in [0.1, 0.15) is 5.82 Å². The highest BCUT2D eigenvalue weighted by Gasteiger charge is 2.37. The Labute approximate surface area is 173 Å². The number of thioether (sulfide) groups is 1. The number of ketones is 1. The topological polar surface area (TPSA) is 74.8 Å². The van der Waals surface area contributed by atoms with Crippen molar-refractivity contribution in [3.05, 3.63) is 62.0 Å². The quantitative estimate of drug-likeness (QED) is 0.550. The third-order valence-electron chi connectivity index (χ3n) is 5.33. The molecule has 4 rings (SSSR count). The lowest BCUT2D eigenvalue weighted by molar-refractivity contribution is -0.116. The van der Waals surface area contributed by atoms with Crippen LogP contribution in [0.4, 0.5) is 5.82 Å². The van der Waals surface area contributed by atoms with Gasteiger partial charge in [0.05, 0.1) is 5.56 Å². The third kappa shape index (κ3) is 3.51. The number of halogens is 1. The van der Waals surface area contributed by atoms with Gasteiger partial charge >= 0.3 is 0 Å². The number of carbonyl (C=O) groups is 1. The van der Waals surface area contributed by atoms with Crippen LogP contribution >= 0.6 is 23.4 Å². The standard InChI is InChI=1S/C21H22ClN3O2S/c1-3-11(2)28-21-24-19-18(20(27)25-21)16(12-7-9-13(22)10-8-12)17-14(23-19)5-4-6-15(17)26/h7-11,16H,3-6H2,1-2H3,(H2,23,24,25,27)/t11-,16+/m1/s1. The summed E-state index contributed by atoms with van der Waals surface area (Å²) in [7, 11) is 0. The van der Waals surface area contributed by atoms with Gasteiger partial charge in [0.15, 0.2) is 10.9 Å². The molecule has 0 unspecified atom stereocenters. The van der Waals surface area contributed by atoms with Crippen molar-refractivity contribution in [3.8, 4) is 0 Å². The summed E-state index contributed by atoms with van der Waals surface area (Å²) < 4.78 is 0. The number of aromatic nitrogens is 2. The Kier molecular flexibility index (Phi) is 5.34. The summed E-state index contributed by atoms with van der Waals surface area (Å²) in [5.41, 5.74) is 2.76. The van der Waals surface area contributed by atoms with Crippen molar-refractivity contribution in [2.45, 2.75) is 55.9 Å². The largest absolute Gasteiger partial charge is 0.343 e. The second-order valence-electron chi connectivity index (χ2n) is 7.25. The molecule has 1 aliphatic carbocycles. The van der Waals surface area contributed by atoms with Gasteiger partial charge in [0, 0.05) is 33.9 Å². The van der Waals surface area contributed by atoms with Crippen molar-refractivity contribution in [1.82, 2.24) is 9.97 Å². The van der Waals surface area contributed by atoms with Crippen LogP contribution in [0.5, 0.6) is 0 Å². The molecular weight excluding hydrogens is 394 g/mol. The lowest BCUT2D eigenvalue weighted by Crippen LogP contribution is -2.32. The Bertz CT molecular complexity index is 1010. The molecule has 0 amide bonds. The van der Waals surface area contributed by atoms with E-state index in [0.717, 1.165) is 30.5 Å². The first-order valence-electron chi connectivity index (χ1n) is 9.57. The number of benzene rings is 1. The van der Waals surface area contributed by atoms with Crippen molar-refractivity contribution < 1.29 is 4.79 Å². The van der Waals surface area contributed by atoms with Gasteiger partial charge in [-0.05, 0) is 37.0 Å². The number of H-pyrrole nitrogens is 1. The molecule has 0 saturated heterocycles. The second kappa shape index (κ2) is 7.76. The number of hydrogen-bond acceptors (Lipinski definition) is 5. The van der Waals surface area contributed by atoms with E-state index < -0.39 is 5.92 Å². The minimum absolute atomic E-state index is 0.0943. The minimum atomic E-state index is -0.421. The Morgan fingerprint density at radius 1 is 1.25 bits per heavy atom. The van der Waals surface area contributed by atoms with Gasteiger partial charge in [-0.25, -0.2) is 4.98 Å². The van der Waals surface area contributed by atoms with E-state index >= 15 is 0 Å². The average molecular weight is 416 g/mol. The number of carbonyl (C=O) groups excluding carboxylic acids is 1. The van der Waals surface area contributed by atoms with E-state index in [2.05, 4.69) is 24.1 Å². The van der Waals surface area contributed by atoms with E-state index in [0.29, 0.717) is 38.8 Å². The zero-order valence-corrected chi connectivity index (χ0v) is 17.4. The average Bonchev–Trinajstić information content (AvgIpc) is 2.67. The molecular formula is C21H22ClN3O2S. The van der Waals surface area contributed by atoms with Crippen molar-refractivity contribution >= 4 is 35.0 Å². The Balaban J connectivity index is 1.88. The lowest BCUT2D eigenvalue weighted by atomic mass is 9.76. The van der Waals surface area contributed by atoms with Crippen LogP contribution in [0, 0.1) is 0 Å². The van der Waals surface area contributed by atoms with Gasteiger partial charge in [-0.1, -0.05) is 49.3 Å². The number of anilines is 1. The van der Waals surface area contributed by atoms with Crippen LogP contribution in [-0.2, 0) is 4.79 Å². The molecule has 28 heavy (non-hydrogen) atoms. The minimum Gasteiger partial charge on any atom is -0.343 e. The van der Waals surface area contributed by atoms with Crippen LogP contribution in [-0.4, -0.2) is 21.0 Å². The molecule has 2 atom stereocenters. The van der Waals surface area contributed by atoms with Crippen LogP contribution < -0.4 is 10.9 Å². The van der Waals surface area contributed by atoms with Crippen LogP contribution in [0.1, 0.15) is 56.6 Å². The molecule has 7 heteroatoms. The Hall–Kier alpha value is -2.05. The first-order chi connectivity index (χ1) is 13.5. The number of aromatic amines is 1. The van der Waals surface area contributed by atoms with Gasteiger partial charge in [-0.3, -0.25) is 9.59 Å². The molecule has 1 aromatic carbocycles. The molecule has 0 bridgehead atoms. The molecule has 2 heterocycles. The molecule has 1 aliphatic heterocycles. The first kappa shape index (κ1) is 19.3. The number of nitrogens with zero attached hydrogens (tertiary/aromatic N) is 1. The predicted molar refractivity (Wildman–Crippen MR) is 113 cm³/mol. The summed E-state index contributed by atoms with van der Waals surface area (Å²) in [6, 6.07) is 7.35. The van der Waals surface area contributed by atoms with E-state index in [4.69, 9.17) is 16.6 Å². The van der Waals surface area contributed by atoms with Crippen molar-refractivity contribution in [2.24, 2.45) is 0 Å². The van der Waals surface area contributed by atoms with Gasteiger partial charge < -0.3 is 10.3 Å². The molecule has 2 aromatic rings. The monoisotopic (exact) mass is 415 g/mol. The summed E-state index contributed by atoms with van der Waals surface area (Å²) in [6.07, 6.45) is 3.08. The molecule has 0 saturated carbocycles. The molecule has 1 aromatic heterocycles. The summed E-state index contributed by atoms with van der Waals surface area (Å²) >= 11 is 7.61. The maximum atomic E-state index is 13.1. The highest BCUT2D eigenvalue weighted by atomic mass is 35.5. The predicted octanol–water partition coefficient (Wildman–Crippen LogP) is 4.88. The van der Waals surface area contributed by atoms with Crippen LogP contribution in [0.3, 0.4) is 0 Å². The second-order valence-corrected chi connectivity index (χ2v) is 9.11. The smallest absolute Gasteiger partial charge is 0.257 e. The maximum Gasteiger partial charge on any atom is 0.257 e. The molecule has 2 aliphatic rings. The molecule has 0 fully saturated rings. The van der Waals surface area contributed by atoms with Gasteiger partial charge in [0.2, 0.25) is 0 Å². The zero-order chi connectivity index (χ0) is 19.8. The number of Topliss-reactive ketones (excluding diaryl/α,β-unsaturated/α-hetero) is 1. The van der Waals surface area contributed by atoms with Gasteiger partial charge in [-0.2, -0.15) is 0 Å². The molecule has 5 nitrogen and oxygen atoms in total. The number of rotatable bonds is 4. The van der Waals surface area contributed by atoms with Crippen molar-refractivity contribution in [3.63, 3.8) is 0 Å². The third-order valence-corrected chi connectivity index (χ3v) is 6.73. The van der Waals surface area contributed by atoms with Crippen LogP contribution in [0.15, 0.2) is 45.5 Å². The van der Waals surface area contributed by atoms with Gasteiger partial charge in [-0.15, -0.1) is 0 Å². The number of nitrogens with one attached hydrogen (secondary N) is 2. The summed E-state index contributed by atoms with van der Waals surface area (Å²) in [4.78, 5) is 33.5. The van der Waals surface area contributed by atoms with Crippen molar-refractivity contribution in [2.75, 3.05) is 5.32 Å². The maximum absolute atomic E-state index is 13.1. The van der Waals surface area contributed by atoms with Crippen LogP contribution in [0.25, 0.3) is 0 Å². The Morgan fingerprint density at radius 3 is 2.71 bits per heavy atom. The van der Waals surface area contributed by atoms with E-state index in [1.54, 1.807) is 23.9 Å². The first-order valence-corrected chi connectivity index (χ1v) is 10.8. The zero-order valence-electron chi connectivity index (χ0n) is 15.8. The highest BCUT2D eigenvalue weighted by Crippen LogP contribution is 2.43. The van der Waals surface area contributed by atoms with E-state index in [1.807, 2.05) is 12.1 Å². The fourth-order valence-corrected chi connectivity index (χ4v) is 4.73. The van der Waals surface area contributed by atoms with E-state index in [-0.39, 0.29) is 11.3 Å².